The normalized spacial score (nSPS) is 17.5. The third kappa shape index (κ3) is 3.82. The molecule has 0 saturated carbocycles. The predicted octanol–water partition coefficient (Wildman–Crippen LogP) is 0.507. The number of β-amino-alcohol motifs (C(OH)–C–C–N with tert-alkyl or cyclic N) is 1. The SMILES string of the molecule is COc1ccccc1.O=[N+]([O-])N1CC1O. The van der Waals surface area contributed by atoms with Crippen molar-refractivity contribution in [1.82, 2.24) is 5.01 Å². The second-order valence-corrected chi connectivity index (χ2v) is 2.86. The fourth-order valence-electron chi connectivity index (χ4n) is 0.852. The number of nitro groups is 1. The first-order valence-corrected chi connectivity index (χ1v) is 4.33. The lowest BCUT2D eigenvalue weighted by molar-refractivity contribution is -0.625. The van der Waals surface area contributed by atoms with Gasteiger partial charge in [-0.3, -0.25) is 0 Å². The molecule has 6 nitrogen and oxygen atoms in total. The molecule has 0 bridgehead atoms. The molecule has 0 spiro atoms. The van der Waals surface area contributed by atoms with E-state index >= 15 is 0 Å². The van der Waals surface area contributed by atoms with Crippen LogP contribution in [-0.4, -0.2) is 35.0 Å². The van der Waals surface area contributed by atoms with Crippen LogP contribution in [0, 0.1) is 10.1 Å². The van der Waals surface area contributed by atoms with Crippen LogP contribution < -0.4 is 4.74 Å². The monoisotopic (exact) mass is 212 g/mol. The fraction of sp³-hybridized carbons (Fsp3) is 0.333. The molecule has 1 atom stereocenters. The van der Waals surface area contributed by atoms with E-state index in [1.54, 1.807) is 7.11 Å². The number of benzene rings is 1. The summed E-state index contributed by atoms with van der Waals surface area (Å²) in [4.78, 5) is 9.54. The highest BCUT2D eigenvalue weighted by Gasteiger charge is 2.41. The summed E-state index contributed by atoms with van der Waals surface area (Å²) in [5.41, 5.74) is 0. The second kappa shape index (κ2) is 5.16. The lowest BCUT2D eigenvalue weighted by Gasteiger charge is -1.93. The Balaban J connectivity index is 0.000000151. The molecule has 6 heteroatoms. The van der Waals surface area contributed by atoms with Crippen LogP contribution >= 0.6 is 0 Å². The van der Waals surface area contributed by atoms with Crippen LogP contribution in [0.25, 0.3) is 0 Å². The van der Waals surface area contributed by atoms with Crippen molar-refractivity contribution >= 4 is 0 Å². The number of hydrogen-bond donors (Lipinski definition) is 1. The van der Waals surface area contributed by atoms with Crippen LogP contribution in [0.4, 0.5) is 0 Å². The standard InChI is InChI=1S/C7H8O.C2H4N2O3/c1-8-7-5-3-2-4-6-7;5-2-1-3(2)4(6)7/h2-6H,1H3;2,5H,1H2. The molecule has 0 radical (unpaired) electrons. The first kappa shape index (κ1) is 11.3. The van der Waals surface area contributed by atoms with Crippen molar-refractivity contribution in [3.63, 3.8) is 0 Å². The molecule has 1 aromatic carbocycles. The molecule has 1 aliphatic rings. The van der Waals surface area contributed by atoms with Crippen molar-refractivity contribution in [1.29, 1.82) is 0 Å². The maximum Gasteiger partial charge on any atom is 0.208 e. The fourth-order valence-corrected chi connectivity index (χ4v) is 0.852. The summed E-state index contributed by atoms with van der Waals surface area (Å²) in [7, 11) is 1.66. The predicted molar refractivity (Wildman–Crippen MR) is 52.7 cm³/mol. The zero-order valence-electron chi connectivity index (χ0n) is 8.24. The van der Waals surface area contributed by atoms with E-state index in [0.29, 0.717) is 0 Å². The van der Waals surface area contributed by atoms with Gasteiger partial charge in [0.05, 0.1) is 7.11 Å². The van der Waals surface area contributed by atoms with Crippen LogP contribution in [0.2, 0.25) is 0 Å². The molecule has 1 unspecified atom stereocenters. The highest BCUT2D eigenvalue weighted by molar-refractivity contribution is 5.20. The Bertz CT molecular complexity index is 317. The first-order valence-electron chi connectivity index (χ1n) is 4.33. The topological polar surface area (TPSA) is 75.6 Å². The number of rotatable bonds is 2. The summed E-state index contributed by atoms with van der Waals surface area (Å²) in [6.07, 6.45) is -0.824. The van der Waals surface area contributed by atoms with E-state index in [0.717, 1.165) is 10.8 Å². The number of hydrogen-bond acceptors (Lipinski definition) is 4. The maximum atomic E-state index is 9.54. The molecule has 2 rings (SSSR count). The van der Waals surface area contributed by atoms with Crippen molar-refractivity contribution in [3.8, 4) is 5.75 Å². The Kier molecular flexibility index (Phi) is 3.87. The Labute approximate surface area is 86.8 Å². The Hall–Kier alpha value is -1.82. The number of para-hydroxylation sites is 1. The molecule has 1 aliphatic heterocycles. The Morgan fingerprint density at radius 1 is 1.53 bits per heavy atom. The van der Waals surface area contributed by atoms with Gasteiger partial charge in [-0.1, -0.05) is 23.2 Å². The smallest absolute Gasteiger partial charge is 0.208 e. The minimum Gasteiger partial charge on any atom is -0.497 e. The summed E-state index contributed by atoms with van der Waals surface area (Å²) in [5, 5.41) is 17.9. The zero-order chi connectivity index (χ0) is 11.3. The van der Waals surface area contributed by atoms with Gasteiger partial charge >= 0.3 is 0 Å². The van der Waals surface area contributed by atoms with Crippen LogP contribution in [0.3, 0.4) is 0 Å². The average molecular weight is 212 g/mol. The van der Waals surface area contributed by atoms with Gasteiger partial charge in [-0.05, 0) is 12.1 Å². The maximum absolute atomic E-state index is 9.54. The van der Waals surface area contributed by atoms with Gasteiger partial charge in [-0.2, -0.15) is 0 Å². The molecule has 0 aromatic heterocycles. The van der Waals surface area contributed by atoms with E-state index in [-0.39, 0.29) is 6.54 Å². The second-order valence-electron chi connectivity index (χ2n) is 2.86. The van der Waals surface area contributed by atoms with Crippen LogP contribution in [-0.2, 0) is 0 Å². The number of methoxy groups -OCH3 is 1. The summed E-state index contributed by atoms with van der Waals surface area (Å²) < 4.78 is 4.91. The molecule has 1 fully saturated rings. The quantitative estimate of drug-likeness (QED) is 0.439. The van der Waals surface area contributed by atoms with E-state index in [9.17, 15) is 10.1 Å². The molecule has 1 heterocycles. The highest BCUT2D eigenvalue weighted by atomic mass is 16.7. The lowest BCUT2D eigenvalue weighted by Crippen LogP contribution is -2.09. The lowest BCUT2D eigenvalue weighted by atomic mass is 10.3. The summed E-state index contributed by atoms with van der Waals surface area (Å²) >= 11 is 0. The zero-order valence-corrected chi connectivity index (χ0v) is 8.24. The van der Waals surface area contributed by atoms with Gasteiger partial charge in [0.15, 0.2) is 5.03 Å². The highest BCUT2D eigenvalue weighted by Crippen LogP contribution is 2.11. The number of hydrazine groups is 1. The van der Waals surface area contributed by atoms with Gasteiger partial charge < -0.3 is 9.84 Å². The molecule has 1 saturated heterocycles. The van der Waals surface area contributed by atoms with Gasteiger partial charge in [-0.25, -0.2) is 10.1 Å². The molecule has 15 heavy (non-hydrogen) atoms. The van der Waals surface area contributed by atoms with Crippen LogP contribution in [0.1, 0.15) is 0 Å². The molecule has 0 amide bonds. The van der Waals surface area contributed by atoms with Crippen molar-refractivity contribution in [2.45, 2.75) is 6.23 Å². The summed E-state index contributed by atoms with van der Waals surface area (Å²) in [6.45, 7) is 0.174. The van der Waals surface area contributed by atoms with E-state index in [1.165, 1.54) is 0 Å². The molecule has 0 aliphatic carbocycles. The van der Waals surface area contributed by atoms with E-state index in [4.69, 9.17) is 9.84 Å². The number of aliphatic hydroxyl groups excluding tert-OH is 1. The van der Waals surface area contributed by atoms with Crippen LogP contribution in [0.5, 0.6) is 5.75 Å². The first-order chi connectivity index (χ1) is 7.15. The van der Waals surface area contributed by atoms with E-state index in [1.807, 2.05) is 30.3 Å². The third-order valence-corrected chi connectivity index (χ3v) is 1.75. The minimum atomic E-state index is -0.824. The van der Waals surface area contributed by atoms with Gasteiger partial charge in [0.1, 0.15) is 12.3 Å². The average Bonchev–Trinajstić information content (AvgIpc) is 2.98. The summed E-state index contributed by atoms with van der Waals surface area (Å²) in [5.74, 6) is 0.910. The van der Waals surface area contributed by atoms with E-state index in [2.05, 4.69) is 0 Å². The van der Waals surface area contributed by atoms with E-state index < -0.39 is 11.3 Å². The van der Waals surface area contributed by atoms with Crippen molar-refractivity contribution < 1.29 is 14.9 Å². The van der Waals surface area contributed by atoms with Crippen molar-refractivity contribution in [2.24, 2.45) is 0 Å². The molecule has 1 N–H and O–H groups in total. The third-order valence-electron chi connectivity index (χ3n) is 1.75. The Morgan fingerprint density at radius 2 is 2.07 bits per heavy atom. The minimum absolute atomic E-state index is 0.174. The van der Waals surface area contributed by atoms with Crippen LogP contribution in [0.15, 0.2) is 30.3 Å². The van der Waals surface area contributed by atoms with Gasteiger partial charge in [0.25, 0.3) is 0 Å². The number of aliphatic hydroxyl groups is 1. The largest absolute Gasteiger partial charge is 0.497 e. The van der Waals surface area contributed by atoms with Gasteiger partial charge in [0.2, 0.25) is 6.23 Å². The van der Waals surface area contributed by atoms with Crippen molar-refractivity contribution in [3.05, 3.63) is 40.4 Å². The molecule has 82 valence electrons. The molecular formula is C9H12N2O4. The van der Waals surface area contributed by atoms with Crippen molar-refractivity contribution in [2.75, 3.05) is 13.7 Å². The van der Waals surface area contributed by atoms with Gasteiger partial charge in [0, 0.05) is 0 Å². The molecule has 1 aromatic rings. The molecular weight excluding hydrogens is 200 g/mol. The summed E-state index contributed by atoms with van der Waals surface area (Å²) in [6, 6.07) is 9.68. The van der Waals surface area contributed by atoms with Gasteiger partial charge in [-0.15, -0.1) is 0 Å². The number of nitrogens with zero attached hydrogens (tertiary/aromatic N) is 2. The Morgan fingerprint density at radius 3 is 2.27 bits per heavy atom. The number of ether oxygens (including phenoxy) is 1.